The highest BCUT2D eigenvalue weighted by molar-refractivity contribution is 5.79. The van der Waals surface area contributed by atoms with Crippen LogP contribution in [-0.4, -0.2) is 29.6 Å². The van der Waals surface area contributed by atoms with Gasteiger partial charge in [-0.05, 0) is 38.0 Å². The molecule has 0 aliphatic heterocycles. The molecule has 1 atom stereocenters. The molecule has 0 bridgehead atoms. The van der Waals surface area contributed by atoms with Crippen LogP contribution < -0.4 is 11.1 Å². The zero-order valence-electron chi connectivity index (χ0n) is 12.7. The molecule has 1 rings (SSSR count). The summed E-state index contributed by atoms with van der Waals surface area (Å²) in [5.41, 5.74) is 5.05. The van der Waals surface area contributed by atoms with Gasteiger partial charge in [0, 0.05) is 19.0 Å². The number of amides is 1. The molecular formula is C15H28N2O3. The topological polar surface area (TPSA) is 92.4 Å². The molecule has 5 nitrogen and oxygen atoms in total. The van der Waals surface area contributed by atoms with Crippen molar-refractivity contribution in [3.05, 3.63) is 0 Å². The fourth-order valence-corrected chi connectivity index (χ4v) is 2.83. The van der Waals surface area contributed by atoms with Gasteiger partial charge in [0.15, 0.2) is 0 Å². The minimum Gasteiger partial charge on any atom is -0.481 e. The maximum atomic E-state index is 11.8. The molecule has 0 spiro atoms. The molecule has 0 aromatic heterocycles. The number of rotatable bonds is 7. The molecule has 0 aromatic carbocycles. The number of hydrogen-bond donors (Lipinski definition) is 3. The summed E-state index contributed by atoms with van der Waals surface area (Å²) in [6.07, 6.45) is 5.16. The number of nitrogens with two attached hydrogens (primary N) is 1. The van der Waals surface area contributed by atoms with Crippen molar-refractivity contribution in [1.29, 1.82) is 0 Å². The first kappa shape index (κ1) is 17.0. The predicted molar refractivity (Wildman–Crippen MR) is 78.2 cm³/mol. The van der Waals surface area contributed by atoms with E-state index >= 15 is 0 Å². The smallest absolute Gasteiger partial charge is 0.311 e. The van der Waals surface area contributed by atoms with Crippen molar-refractivity contribution < 1.29 is 14.7 Å². The molecule has 0 heterocycles. The van der Waals surface area contributed by atoms with Crippen LogP contribution in [0.2, 0.25) is 0 Å². The zero-order chi connectivity index (χ0) is 15.2. The van der Waals surface area contributed by atoms with Crippen LogP contribution >= 0.6 is 0 Å². The van der Waals surface area contributed by atoms with E-state index in [0.29, 0.717) is 18.8 Å². The summed E-state index contributed by atoms with van der Waals surface area (Å²) in [4.78, 5) is 23.4. The van der Waals surface area contributed by atoms with Crippen LogP contribution in [-0.2, 0) is 9.59 Å². The van der Waals surface area contributed by atoms with E-state index in [-0.39, 0.29) is 24.9 Å². The third-order valence-electron chi connectivity index (χ3n) is 4.42. The van der Waals surface area contributed by atoms with Gasteiger partial charge in [0.05, 0.1) is 5.41 Å². The molecule has 1 fully saturated rings. The van der Waals surface area contributed by atoms with Crippen LogP contribution in [0, 0.1) is 11.3 Å². The summed E-state index contributed by atoms with van der Waals surface area (Å²) >= 11 is 0. The van der Waals surface area contributed by atoms with Crippen LogP contribution in [0.15, 0.2) is 0 Å². The molecule has 1 saturated carbocycles. The summed E-state index contributed by atoms with van der Waals surface area (Å²) in [6, 6.07) is -0.132. The largest absolute Gasteiger partial charge is 0.481 e. The van der Waals surface area contributed by atoms with E-state index in [4.69, 9.17) is 5.73 Å². The van der Waals surface area contributed by atoms with Crippen molar-refractivity contribution in [3.63, 3.8) is 0 Å². The molecule has 1 aliphatic rings. The molecule has 1 amide bonds. The van der Waals surface area contributed by atoms with Crippen molar-refractivity contribution in [1.82, 2.24) is 5.32 Å². The standard InChI is InChI=1S/C15H28N2O3/c1-3-4-12(16)9-13(18)17-10-15(14(19)20)7-5-11(2)6-8-15/h11-12H,3-10,16H2,1-2H3,(H,17,18)(H,19,20). The summed E-state index contributed by atoms with van der Waals surface area (Å²) < 4.78 is 0. The number of carboxylic acids is 1. The second-order valence-corrected chi connectivity index (χ2v) is 6.30. The van der Waals surface area contributed by atoms with Gasteiger partial charge in [0.2, 0.25) is 5.91 Å². The number of hydrogen-bond acceptors (Lipinski definition) is 3. The van der Waals surface area contributed by atoms with Gasteiger partial charge >= 0.3 is 5.97 Å². The summed E-state index contributed by atoms with van der Waals surface area (Å²) in [6.45, 7) is 4.40. The van der Waals surface area contributed by atoms with E-state index in [1.54, 1.807) is 0 Å². The third kappa shape index (κ3) is 4.78. The van der Waals surface area contributed by atoms with Crippen LogP contribution in [0.25, 0.3) is 0 Å². The van der Waals surface area contributed by atoms with Crippen LogP contribution in [0.1, 0.15) is 58.8 Å². The maximum Gasteiger partial charge on any atom is 0.311 e. The Hall–Kier alpha value is -1.10. The normalized spacial score (nSPS) is 27.9. The van der Waals surface area contributed by atoms with E-state index in [0.717, 1.165) is 25.7 Å². The average molecular weight is 284 g/mol. The number of aliphatic carboxylic acids is 1. The van der Waals surface area contributed by atoms with Crippen molar-refractivity contribution in [2.45, 2.75) is 64.8 Å². The lowest BCUT2D eigenvalue weighted by atomic mass is 9.71. The first-order valence-corrected chi connectivity index (χ1v) is 7.65. The van der Waals surface area contributed by atoms with Crippen molar-refractivity contribution in [2.24, 2.45) is 17.1 Å². The molecule has 5 heteroatoms. The Kier molecular flexibility index (Phi) is 6.46. The van der Waals surface area contributed by atoms with E-state index in [1.165, 1.54) is 0 Å². The minimum absolute atomic E-state index is 0.132. The molecule has 0 aromatic rings. The highest BCUT2D eigenvalue weighted by Crippen LogP contribution is 2.38. The van der Waals surface area contributed by atoms with Crippen LogP contribution in [0.4, 0.5) is 0 Å². The van der Waals surface area contributed by atoms with Gasteiger partial charge in [-0.15, -0.1) is 0 Å². The predicted octanol–water partition coefficient (Wildman–Crippen LogP) is 1.90. The van der Waals surface area contributed by atoms with Gasteiger partial charge in [0.25, 0.3) is 0 Å². The maximum absolute atomic E-state index is 11.8. The second-order valence-electron chi connectivity index (χ2n) is 6.30. The summed E-state index contributed by atoms with van der Waals surface area (Å²) in [5.74, 6) is -0.344. The number of carboxylic acid groups (broad SMARTS) is 1. The SMILES string of the molecule is CCCC(N)CC(=O)NCC1(C(=O)O)CCC(C)CC1. The Labute approximate surface area is 121 Å². The van der Waals surface area contributed by atoms with E-state index in [2.05, 4.69) is 12.2 Å². The lowest BCUT2D eigenvalue weighted by Crippen LogP contribution is -2.46. The van der Waals surface area contributed by atoms with Gasteiger partial charge in [0.1, 0.15) is 0 Å². The van der Waals surface area contributed by atoms with E-state index in [1.807, 2.05) is 6.92 Å². The Bertz CT molecular complexity index is 336. The third-order valence-corrected chi connectivity index (χ3v) is 4.42. The molecule has 116 valence electrons. The molecule has 1 aliphatic carbocycles. The zero-order valence-corrected chi connectivity index (χ0v) is 12.7. The quantitative estimate of drug-likeness (QED) is 0.665. The lowest BCUT2D eigenvalue weighted by molar-refractivity contribution is -0.151. The Morgan fingerprint density at radius 2 is 2.00 bits per heavy atom. The highest BCUT2D eigenvalue weighted by atomic mass is 16.4. The van der Waals surface area contributed by atoms with E-state index in [9.17, 15) is 14.7 Å². The van der Waals surface area contributed by atoms with Crippen LogP contribution in [0.3, 0.4) is 0 Å². The van der Waals surface area contributed by atoms with Crippen LogP contribution in [0.5, 0.6) is 0 Å². The van der Waals surface area contributed by atoms with Gasteiger partial charge in [-0.25, -0.2) is 0 Å². The van der Waals surface area contributed by atoms with Crippen molar-refractivity contribution in [3.8, 4) is 0 Å². The molecule has 0 saturated heterocycles. The fraction of sp³-hybridized carbons (Fsp3) is 0.867. The number of carbonyl (C=O) groups is 2. The second kappa shape index (κ2) is 7.62. The summed E-state index contributed by atoms with van der Waals surface area (Å²) in [7, 11) is 0. The monoisotopic (exact) mass is 284 g/mol. The average Bonchev–Trinajstić information content (AvgIpc) is 2.38. The van der Waals surface area contributed by atoms with Gasteiger partial charge in [-0.1, -0.05) is 20.3 Å². The van der Waals surface area contributed by atoms with Gasteiger partial charge < -0.3 is 16.2 Å². The molecule has 1 unspecified atom stereocenters. The fourth-order valence-electron chi connectivity index (χ4n) is 2.83. The molecule has 0 radical (unpaired) electrons. The first-order chi connectivity index (χ1) is 9.39. The Morgan fingerprint density at radius 1 is 1.40 bits per heavy atom. The lowest BCUT2D eigenvalue weighted by Gasteiger charge is -2.35. The molecule has 20 heavy (non-hydrogen) atoms. The number of nitrogens with one attached hydrogen (secondary N) is 1. The first-order valence-electron chi connectivity index (χ1n) is 7.65. The van der Waals surface area contributed by atoms with Crippen molar-refractivity contribution >= 4 is 11.9 Å². The molecule has 4 N–H and O–H groups in total. The van der Waals surface area contributed by atoms with Gasteiger partial charge in [-0.2, -0.15) is 0 Å². The van der Waals surface area contributed by atoms with E-state index < -0.39 is 11.4 Å². The summed E-state index contributed by atoms with van der Waals surface area (Å²) in [5, 5.41) is 12.3. The number of carbonyl (C=O) groups excluding carboxylic acids is 1. The van der Waals surface area contributed by atoms with Gasteiger partial charge in [-0.3, -0.25) is 9.59 Å². The Balaban J connectivity index is 2.47. The highest BCUT2D eigenvalue weighted by Gasteiger charge is 2.41. The van der Waals surface area contributed by atoms with Crippen molar-refractivity contribution in [2.75, 3.05) is 6.54 Å². The Morgan fingerprint density at radius 3 is 2.50 bits per heavy atom. The molecular weight excluding hydrogens is 256 g/mol. The minimum atomic E-state index is -0.789.